The quantitative estimate of drug-likeness (QED) is 0.828. The van der Waals surface area contributed by atoms with Crippen molar-refractivity contribution >= 4 is 5.97 Å². The molecule has 1 rings (SSSR count). The maximum Gasteiger partial charge on any atom is 0.306 e. The molecule has 1 aromatic carbocycles. The van der Waals surface area contributed by atoms with Crippen LogP contribution in [0.3, 0.4) is 0 Å². The third-order valence-corrected chi connectivity index (χ3v) is 2.36. The molecule has 0 aliphatic rings. The number of hydrogen-bond donors (Lipinski definition) is 2. The Labute approximate surface area is 91.3 Å². The SMILES string of the molecule is CC(Cc1cc(F)c(F)cc1CO)C(=O)O. The van der Waals surface area contributed by atoms with Gasteiger partial charge in [0, 0.05) is 0 Å². The standard InChI is InChI=1S/C11H12F2O3/c1-6(11(15)16)2-7-3-9(12)10(13)4-8(7)5-14/h3-4,6,14H,2,5H2,1H3,(H,15,16). The van der Waals surface area contributed by atoms with Crippen LogP contribution in [0.5, 0.6) is 0 Å². The summed E-state index contributed by atoms with van der Waals surface area (Å²) >= 11 is 0. The van der Waals surface area contributed by atoms with Gasteiger partial charge in [-0.25, -0.2) is 8.78 Å². The van der Waals surface area contributed by atoms with E-state index in [1.165, 1.54) is 6.92 Å². The van der Waals surface area contributed by atoms with Crippen LogP contribution in [0.1, 0.15) is 18.1 Å². The summed E-state index contributed by atoms with van der Waals surface area (Å²) in [5, 5.41) is 17.6. The summed E-state index contributed by atoms with van der Waals surface area (Å²) in [5.74, 6) is -3.82. The molecule has 0 aromatic heterocycles. The lowest BCUT2D eigenvalue weighted by Crippen LogP contribution is -2.14. The molecule has 16 heavy (non-hydrogen) atoms. The summed E-state index contributed by atoms with van der Waals surface area (Å²) in [6.45, 7) is 1.02. The van der Waals surface area contributed by atoms with E-state index in [0.717, 1.165) is 12.1 Å². The van der Waals surface area contributed by atoms with Gasteiger partial charge in [-0.15, -0.1) is 0 Å². The first-order chi connectivity index (χ1) is 7.45. The summed E-state index contributed by atoms with van der Waals surface area (Å²) in [5.41, 5.74) is 0.531. The van der Waals surface area contributed by atoms with Crippen LogP contribution in [0.25, 0.3) is 0 Å². The molecule has 88 valence electrons. The molecule has 0 aliphatic carbocycles. The predicted molar refractivity (Wildman–Crippen MR) is 52.8 cm³/mol. The molecule has 0 saturated carbocycles. The van der Waals surface area contributed by atoms with E-state index in [1.54, 1.807) is 0 Å². The first-order valence-corrected chi connectivity index (χ1v) is 4.76. The Bertz CT molecular complexity index is 404. The van der Waals surface area contributed by atoms with Gasteiger partial charge in [-0.1, -0.05) is 6.92 Å². The smallest absolute Gasteiger partial charge is 0.306 e. The van der Waals surface area contributed by atoms with Gasteiger partial charge in [-0.2, -0.15) is 0 Å². The Hall–Kier alpha value is -1.49. The highest BCUT2D eigenvalue weighted by Gasteiger charge is 2.16. The molecule has 1 aromatic rings. The average Bonchev–Trinajstić information content (AvgIpc) is 2.22. The number of rotatable bonds is 4. The lowest BCUT2D eigenvalue weighted by molar-refractivity contribution is -0.141. The van der Waals surface area contributed by atoms with Crippen molar-refractivity contribution in [3.05, 3.63) is 34.9 Å². The van der Waals surface area contributed by atoms with E-state index < -0.39 is 30.1 Å². The van der Waals surface area contributed by atoms with Crippen LogP contribution < -0.4 is 0 Å². The van der Waals surface area contributed by atoms with Gasteiger partial charge in [0.15, 0.2) is 11.6 Å². The maximum absolute atomic E-state index is 12.9. The van der Waals surface area contributed by atoms with Gasteiger partial charge in [-0.05, 0) is 29.7 Å². The fraction of sp³-hybridized carbons (Fsp3) is 0.364. The monoisotopic (exact) mass is 230 g/mol. The predicted octanol–water partition coefficient (Wildman–Crippen LogP) is 1.72. The largest absolute Gasteiger partial charge is 0.481 e. The van der Waals surface area contributed by atoms with Crippen molar-refractivity contribution in [2.24, 2.45) is 5.92 Å². The molecule has 2 N–H and O–H groups in total. The summed E-state index contributed by atoms with van der Waals surface area (Å²) in [6.07, 6.45) is 0.0580. The van der Waals surface area contributed by atoms with Gasteiger partial charge in [0.1, 0.15) is 0 Å². The maximum atomic E-state index is 12.9. The van der Waals surface area contributed by atoms with Crippen molar-refractivity contribution in [3.63, 3.8) is 0 Å². The van der Waals surface area contributed by atoms with E-state index >= 15 is 0 Å². The summed E-state index contributed by atoms with van der Waals surface area (Å²) in [6, 6.07) is 1.82. The van der Waals surface area contributed by atoms with Gasteiger partial charge >= 0.3 is 5.97 Å². The van der Waals surface area contributed by atoms with E-state index in [2.05, 4.69) is 0 Å². The molecule has 0 fully saturated rings. The average molecular weight is 230 g/mol. The van der Waals surface area contributed by atoms with E-state index in [4.69, 9.17) is 10.2 Å². The van der Waals surface area contributed by atoms with E-state index in [0.29, 0.717) is 5.56 Å². The van der Waals surface area contributed by atoms with Crippen molar-refractivity contribution in [1.29, 1.82) is 0 Å². The normalized spacial score (nSPS) is 12.5. The Morgan fingerprint density at radius 1 is 1.31 bits per heavy atom. The Morgan fingerprint density at radius 3 is 2.25 bits per heavy atom. The third kappa shape index (κ3) is 2.76. The number of aliphatic carboxylic acids is 1. The summed E-state index contributed by atoms with van der Waals surface area (Å²) in [7, 11) is 0. The fourth-order valence-electron chi connectivity index (χ4n) is 1.38. The number of aliphatic hydroxyl groups excluding tert-OH is 1. The molecule has 0 bridgehead atoms. The van der Waals surface area contributed by atoms with Crippen molar-refractivity contribution in [2.45, 2.75) is 20.0 Å². The fourth-order valence-corrected chi connectivity index (χ4v) is 1.38. The Morgan fingerprint density at radius 2 is 1.81 bits per heavy atom. The minimum atomic E-state index is -1.05. The molecule has 1 atom stereocenters. The van der Waals surface area contributed by atoms with Crippen LogP contribution in [0.2, 0.25) is 0 Å². The molecule has 0 spiro atoms. The molecular formula is C11H12F2O3. The molecule has 3 nitrogen and oxygen atoms in total. The van der Waals surface area contributed by atoms with Crippen molar-refractivity contribution in [3.8, 4) is 0 Å². The number of hydrogen-bond acceptors (Lipinski definition) is 2. The molecule has 0 aliphatic heterocycles. The van der Waals surface area contributed by atoms with E-state index in [-0.39, 0.29) is 12.0 Å². The number of carboxylic acid groups (broad SMARTS) is 1. The highest BCUT2D eigenvalue weighted by Crippen LogP contribution is 2.18. The lowest BCUT2D eigenvalue weighted by atomic mass is 9.97. The second-order valence-electron chi connectivity index (χ2n) is 3.64. The topological polar surface area (TPSA) is 57.5 Å². The van der Waals surface area contributed by atoms with Gasteiger partial charge in [0.2, 0.25) is 0 Å². The second kappa shape index (κ2) is 5.03. The number of halogens is 2. The van der Waals surface area contributed by atoms with Crippen LogP contribution in [0.15, 0.2) is 12.1 Å². The zero-order valence-electron chi connectivity index (χ0n) is 8.70. The molecule has 1 unspecified atom stereocenters. The second-order valence-corrected chi connectivity index (χ2v) is 3.64. The van der Waals surface area contributed by atoms with Crippen LogP contribution in [0.4, 0.5) is 8.78 Å². The number of benzene rings is 1. The molecular weight excluding hydrogens is 218 g/mol. The molecule has 0 radical (unpaired) electrons. The minimum Gasteiger partial charge on any atom is -0.481 e. The Kier molecular flexibility index (Phi) is 3.95. The van der Waals surface area contributed by atoms with Gasteiger partial charge in [0.25, 0.3) is 0 Å². The van der Waals surface area contributed by atoms with Crippen molar-refractivity contribution < 1.29 is 23.8 Å². The highest BCUT2D eigenvalue weighted by molar-refractivity contribution is 5.70. The molecule has 0 saturated heterocycles. The Balaban J connectivity index is 3.03. The van der Waals surface area contributed by atoms with Gasteiger partial charge in [0.05, 0.1) is 12.5 Å². The zero-order valence-corrected chi connectivity index (χ0v) is 8.70. The number of carbonyl (C=O) groups is 1. The summed E-state index contributed by atoms with van der Waals surface area (Å²) in [4.78, 5) is 10.6. The lowest BCUT2D eigenvalue weighted by Gasteiger charge is -2.11. The third-order valence-electron chi connectivity index (χ3n) is 2.36. The van der Waals surface area contributed by atoms with Crippen LogP contribution in [-0.4, -0.2) is 16.2 Å². The van der Waals surface area contributed by atoms with E-state index in [9.17, 15) is 13.6 Å². The van der Waals surface area contributed by atoms with Crippen LogP contribution in [0, 0.1) is 17.6 Å². The molecule has 5 heteroatoms. The van der Waals surface area contributed by atoms with Crippen LogP contribution >= 0.6 is 0 Å². The van der Waals surface area contributed by atoms with E-state index in [1.807, 2.05) is 0 Å². The first-order valence-electron chi connectivity index (χ1n) is 4.76. The van der Waals surface area contributed by atoms with Gasteiger partial charge < -0.3 is 10.2 Å². The number of aliphatic hydroxyl groups is 1. The minimum absolute atomic E-state index is 0.0580. The van der Waals surface area contributed by atoms with Gasteiger partial charge in [-0.3, -0.25) is 4.79 Å². The molecule has 0 heterocycles. The zero-order chi connectivity index (χ0) is 12.3. The van der Waals surface area contributed by atoms with Crippen molar-refractivity contribution in [1.82, 2.24) is 0 Å². The van der Waals surface area contributed by atoms with Crippen LogP contribution in [-0.2, 0) is 17.8 Å². The number of carboxylic acids is 1. The molecule has 0 amide bonds. The highest BCUT2D eigenvalue weighted by atomic mass is 19.2. The first kappa shape index (κ1) is 12.6. The summed E-state index contributed by atoms with van der Waals surface area (Å²) < 4.78 is 25.8. The van der Waals surface area contributed by atoms with Crippen molar-refractivity contribution in [2.75, 3.05) is 0 Å².